The van der Waals surface area contributed by atoms with Crippen molar-refractivity contribution in [1.29, 1.82) is 0 Å². The molecule has 3 N–H and O–H groups in total. The van der Waals surface area contributed by atoms with Gasteiger partial charge >= 0.3 is 0 Å². The second-order valence-corrected chi connectivity index (χ2v) is 6.61. The minimum absolute atomic E-state index is 0.221. The molecule has 2 aromatic carbocycles. The van der Waals surface area contributed by atoms with E-state index in [4.69, 9.17) is 19.9 Å². The second kappa shape index (κ2) is 8.14. The molecule has 1 aliphatic rings. The van der Waals surface area contributed by atoms with Gasteiger partial charge in [0.25, 0.3) is 0 Å². The van der Waals surface area contributed by atoms with Crippen LogP contribution in [-0.2, 0) is 11.3 Å². The van der Waals surface area contributed by atoms with Gasteiger partial charge in [-0.3, -0.25) is 5.10 Å². The molecule has 1 aromatic heterocycles. The molecule has 6 nitrogen and oxygen atoms in total. The molecule has 140 valence electrons. The first-order valence-corrected chi connectivity index (χ1v) is 9.14. The smallest absolute Gasteiger partial charge is 0.130 e. The largest absolute Gasteiger partial charge is 0.491 e. The van der Waals surface area contributed by atoms with Crippen LogP contribution in [0.25, 0.3) is 11.3 Å². The molecule has 0 radical (unpaired) electrons. The molecule has 1 atom stereocenters. The maximum absolute atomic E-state index is 5.80. The molecule has 0 saturated carbocycles. The van der Waals surface area contributed by atoms with Crippen molar-refractivity contribution in [3.8, 4) is 22.8 Å². The number of nitrogens with two attached hydrogens (primary N) is 1. The first-order chi connectivity index (χ1) is 13.3. The van der Waals surface area contributed by atoms with Gasteiger partial charge in [0.1, 0.15) is 24.7 Å². The molecule has 1 saturated heterocycles. The van der Waals surface area contributed by atoms with E-state index >= 15 is 0 Å². The van der Waals surface area contributed by atoms with Crippen molar-refractivity contribution < 1.29 is 14.2 Å². The number of anilines is 1. The quantitative estimate of drug-likeness (QED) is 0.623. The summed E-state index contributed by atoms with van der Waals surface area (Å²) < 4.78 is 17.1. The van der Waals surface area contributed by atoms with Gasteiger partial charge in [-0.15, -0.1) is 0 Å². The fraction of sp³-hybridized carbons (Fsp3) is 0.286. The molecular weight excluding hydrogens is 342 g/mol. The lowest BCUT2D eigenvalue weighted by molar-refractivity contribution is 0.0679. The summed E-state index contributed by atoms with van der Waals surface area (Å²) in [6.45, 7) is 1.85. The molecule has 4 rings (SSSR count). The van der Waals surface area contributed by atoms with Crippen molar-refractivity contribution in [1.82, 2.24) is 10.2 Å². The number of nitrogens with one attached hydrogen (secondary N) is 1. The number of ether oxygens (including phenoxy) is 3. The van der Waals surface area contributed by atoms with Crippen molar-refractivity contribution in [3.05, 3.63) is 60.3 Å². The average Bonchev–Trinajstić information content (AvgIpc) is 3.37. The Bertz CT molecular complexity index is 870. The molecule has 0 spiro atoms. The summed E-state index contributed by atoms with van der Waals surface area (Å²) in [6.07, 6.45) is 2.42. The van der Waals surface area contributed by atoms with Gasteiger partial charge in [-0.05, 0) is 55.3 Å². The predicted octanol–water partition coefficient (Wildman–Crippen LogP) is 3.80. The average molecular weight is 365 g/mol. The van der Waals surface area contributed by atoms with E-state index in [0.717, 1.165) is 47.9 Å². The Kier molecular flexibility index (Phi) is 5.25. The van der Waals surface area contributed by atoms with Crippen LogP contribution in [0, 0.1) is 0 Å². The first-order valence-electron chi connectivity index (χ1n) is 9.14. The van der Waals surface area contributed by atoms with E-state index in [-0.39, 0.29) is 6.10 Å². The van der Waals surface area contributed by atoms with Gasteiger partial charge in [-0.2, -0.15) is 5.10 Å². The number of aromatic nitrogens is 2. The van der Waals surface area contributed by atoms with Gasteiger partial charge in [0, 0.05) is 23.9 Å². The molecule has 1 unspecified atom stereocenters. The molecule has 27 heavy (non-hydrogen) atoms. The zero-order valence-corrected chi connectivity index (χ0v) is 15.1. The number of hydrogen-bond donors (Lipinski definition) is 2. The Morgan fingerprint density at radius 1 is 1.07 bits per heavy atom. The Morgan fingerprint density at radius 2 is 1.96 bits per heavy atom. The lowest BCUT2D eigenvalue weighted by Crippen LogP contribution is -2.16. The van der Waals surface area contributed by atoms with Crippen molar-refractivity contribution >= 4 is 5.69 Å². The predicted molar refractivity (Wildman–Crippen MR) is 104 cm³/mol. The van der Waals surface area contributed by atoms with Crippen LogP contribution in [0.3, 0.4) is 0 Å². The van der Waals surface area contributed by atoms with Gasteiger partial charge in [-0.1, -0.05) is 6.07 Å². The Balaban J connectivity index is 1.33. The number of hydrogen-bond acceptors (Lipinski definition) is 5. The maximum Gasteiger partial charge on any atom is 0.130 e. The number of aromatic amines is 1. The monoisotopic (exact) mass is 365 g/mol. The summed E-state index contributed by atoms with van der Waals surface area (Å²) in [7, 11) is 0. The van der Waals surface area contributed by atoms with Gasteiger partial charge in [0.05, 0.1) is 17.5 Å². The van der Waals surface area contributed by atoms with Crippen molar-refractivity contribution in [2.24, 2.45) is 0 Å². The summed E-state index contributed by atoms with van der Waals surface area (Å²) >= 11 is 0. The van der Waals surface area contributed by atoms with Crippen LogP contribution in [0.4, 0.5) is 5.69 Å². The lowest BCUT2D eigenvalue weighted by atomic mass is 10.1. The summed E-state index contributed by atoms with van der Waals surface area (Å²) in [4.78, 5) is 0. The van der Waals surface area contributed by atoms with E-state index in [1.807, 2.05) is 48.5 Å². The molecule has 0 bridgehead atoms. The minimum atomic E-state index is 0.221. The number of rotatable bonds is 7. The molecule has 6 heteroatoms. The highest BCUT2D eigenvalue weighted by Crippen LogP contribution is 2.23. The highest BCUT2D eigenvalue weighted by atomic mass is 16.5. The Morgan fingerprint density at radius 3 is 2.74 bits per heavy atom. The standard InChI is InChI=1S/C21H23N3O3/c22-16-3-1-4-19(11-16)26-13-17-12-21(24-23-17)15-6-8-18(9-7-15)27-14-20-5-2-10-25-20/h1,3-4,6-9,11-12,20H,2,5,10,13-14,22H2,(H,23,24). The van der Waals surface area contributed by atoms with E-state index < -0.39 is 0 Å². The number of H-pyrrole nitrogens is 1. The topological polar surface area (TPSA) is 82.4 Å². The van der Waals surface area contributed by atoms with Gasteiger partial charge in [-0.25, -0.2) is 0 Å². The molecule has 2 heterocycles. The SMILES string of the molecule is Nc1cccc(OCc2cc(-c3ccc(OCC4CCCO4)cc3)n[nH]2)c1. The van der Waals surface area contributed by atoms with Crippen LogP contribution in [0.15, 0.2) is 54.6 Å². The van der Waals surface area contributed by atoms with Crippen LogP contribution < -0.4 is 15.2 Å². The van der Waals surface area contributed by atoms with Crippen molar-refractivity contribution in [2.45, 2.75) is 25.6 Å². The molecule has 1 fully saturated rings. The van der Waals surface area contributed by atoms with Crippen molar-refractivity contribution in [3.63, 3.8) is 0 Å². The number of benzene rings is 2. The third-order valence-electron chi connectivity index (χ3n) is 4.49. The zero-order chi connectivity index (χ0) is 18.5. The molecule has 0 aliphatic carbocycles. The lowest BCUT2D eigenvalue weighted by Gasteiger charge is -2.11. The summed E-state index contributed by atoms with van der Waals surface area (Å²) in [5.41, 5.74) is 9.22. The Labute approximate surface area is 158 Å². The molecule has 1 aliphatic heterocycles. The van der Waals surface area contributed by atoms with Crippen LogP contribution in [-0.4, -0.2) is 29.5 Å². The molecule has 0 amide bonds. The minimum Gasteiger partial charge on any atom is -0.491 e. The highest BCUT2D eigenvalue weighted by molar-refractivity contribution is 5.60. The summed E-state index contributed by atoms with van der Waals surface area (Å²) in [6, 6.07) is 17.3. The molecular formula is C21H23N3O3. The van der Waals surface area contributed by atoms with Gasteiger partial charge in [0.15, 0.2) is 0 Å². The van der Waals surface area contributed by atoms with Crippen LogP contribution in [0.2, 0.25) is 0 Å². The van der Waals surface area contributed by atoms with Crippen LogP contribution in [0.5, 0.6) is 11.5 Å². The van der Waals surface area contributed by atoms with Crippen molar-refractivity contribution in [2.75, 3.05) is 18.9 Å². The van der Waals surface area contributed by atoms with E-state index in [1.165, 1.54) is 0 Å². The number of nitrogens with zero attached hydrogens (tertiary/aromatic N) is 1. The van der Waals surface area contributed by atoms with E-state index in [9.17, 15) is 0 Å². The van der Waals surface area contributed by atoms with E-state index in [0.29, 0.717) is 18.9 Å². The van der Waals surface area contributed by atoms with E-state index in [1.54, 1.807) is 6.07 Å². The maximum atomic E-state index is 5.80. The van der Waals surface area contributed by atoms with Gasteiger partial charge in [0.2, 0.25) is 0 Å². The Hall–Kier alpha value is -2.99. The zero-order valence-electron chi connectivity index (χ0n) is 15.1. The number of nitrogen functional groups attached to an aromatic ring is 1. The third kappa shape index (κ3) is 4.60. The van der Waals surface area contributed by atoms with Crippen LogP contribution in [0.1, 0.15) is 18.5 Å². The second-order valence-electron chi connectivity index (χ2n) is 6.61. The highest BCUT2D eigenvalue weighted by Gasteiger charge is 2.16. The first kappa shape index (κ1) is 17.4. The van der Waals surface area contributed by atoms with Crippen LogP contribution >= 0.6 is 0 Å². The molecule has 3 aromatic rings. The third-order valence-corrected chi connectivity index (χ3v) is 4.49. The summed E-state index contributed by atoms with van der Waals surface area (Å²) in [5.74, 6) is 1.58. The van der Waals surface area contributed by atoms with E-state index in [2.05, 4.69) is 10.2 Å². The summed E-state index contributed by atoms with van der Waals surface area (Å²) in [5, 5.41) is 7.38. The fourth-order valence-electron chi connectivity index (χ4n) is 3.04. The van der Waals surface area contributed by atoms with Gasteiger partial charge < -0.3 is 19.9 Å². The fourth-order valence-corrected chi connectivity index (χ4v) is 3.04. The normalized spacial score (nSPS) is 16.4.